The smallest absolute Gasteiger partial charge is 0.159 e. The van der Waals surface area contributed by atoms with Crippen LogP contribution in [0.2, 0.25) is 0 Å². The highest BCUT2D eigenvalue weighted by molar-refractivity contribution is 9.10. The van der Waals surface area contributed by atoms with Crippen LogP contribution in [0.25, 0.3) is 11.4 Å². The predicted octanol–water partition coefficient (Wildman–Crippen LogP) is 7.52. The number of hydrogen-bond acceptors (Lipinski definition) is 4. The first-order valence-corrected chi connectivity index (χ1v) is 13.4. The van der Waals surface area contributed by atoms with Crippen molar-refractivity contribution in [3.63, 3.8) is 0 Å². The molecule has 0 unspecified atom stereocenters. The first-order chi connectivity index (χ1) is 15.7. The summed E-state index contributed by atoms with van der Waals surface area (Å²) in [6.45, 7) is 2.97. The summed E-state index contributed by atoms with van der Waals surface area (Å²) < 4.78 is 6.97. The van der Waals surface area contributed by atoms with E-state index < -0.39 is 0 Å². The molecule has 0 aliphatic heterocycles. The number of aryl methyl sites for hydroxylation is 1. The maximum atomic E-state index is 9.65. The molecule has 0 amide bonds. The number of ether oxygens (including phenoxy) is 1. The Morgan fingerprint density at radius 3 is 2.25 bits per heavy atom. The summed E-state index contributed by atoms with van der Waals surface area (Å²) in [5.74, 6) is 2.13. The van der Waals surface area contributed by atoms with Gasteiger partial charge >= 0.3 is 0 Å². The van der Waals surface area contributed by atoms with E-state index in [0.29, 0.717) is 12.5 Å². The van der Waals surface area contributed by atoms with Gasteiger partial charge in [-0.15, -0.1) is 0 Å². The fraction of sp³-hybridized carbons (Fsp3) is 0.630. The minimum absolute atomic E-state index is 0.121. The van der Waals surface area contributed by atoms with Crippen molar-refractivity contribution in [2.75, 3.05) is 6.61 Å². The average Bonchev–Trinajstić information content (AvgIpc) is 2.81. The van der Waals surface area contributed by atoms with Gasteiger partial charge < -0.3 is 9.84 Å². The lowest BCUT2D eigenvalue weighted by Crippen LogP contribution is -2.22. The van der Waals surface area contributed by atoms with E-state index in [4.69, 9.17) is 4.74 Å². The third kappa shape index (κ3) is 8.47. The molecule has 5 heteroatoms. The summed E-state index contributed by atoms with van der Waals surface area (Å²) >= 11 is 3.64. The summed E-state index contributed by atoms with van der Waals surface area (Å²) in [7, 11) is 0. The van der Waals surface area contributed by atoms with Crippen molar-refractivity contribution in [3.8, 4) is 17.1 Å². The Labute approximate surface area is 202 Å². The minimum Gasteiger partial charge on any atom is -0.492 e. The molecular weight excluding hydrogens is 464 g/mol. The zero-order valence-corrected chi connectivity index (χ0v) is 21.2. The second kappa shape index (κ2) is 13.9. The molecule has 1 aromatic carbocycles. The lowest BCUT2D eigenvalue weighted by Gasteiger charge is -2.25. The number of hydrogen-bond donors (Lipinski definition) is 1. The van der Waals surface area contributed by atoms with E-state index in [2.05, 4.69) is 32.8 Å². The van der Waals surface area contributed by atoms with Gasteiger partial charge in [0.1, 0.15) is 5.75 Å². The van der Waals surface area contributed by atoms with Gasteiger partial charge in [-0.1, -0.05) is 51.9 Å². The molecule has 3 rings (SSSR count). The molecule has 1 saturated carbocycles. The second-order valence-corrected chi connectivity index (χ2v) is 10.1. The van der Waals surface area contributed by atoms with Crippen LogP contribution in [0.5, 0.6) is 5.75 Å². The molecule has 0 atom stereocenters. The van der Waals surface area contributed by atoms with Crippen LogP contribution in [-0.2, 0) is 6.42 Å². The van der Waals surface area contributed by atoms with E-state index in [9.17, 15) is 5.11 Å². The molecule has 1 fully saturated rings. The molecule has 0 radical (unpaired) electrons. The molecule has 1 N–H and O–H groups in total. The molecular formula is C27H39BrN2O2. The molecule has 0 bridgehead atoms. The van der Waals surface area contributed by atoms with Crippen LogP contribution in [0.3, 0.4) is 0 Å². The third-order valence-corrected chi connectivity index (χ3v) is 7.12. The molecule has 1 aromatic heterocycles. The predicted molar refractivity (Wildman–Crippen MR) is 135 cm³/mol. The van der Waals surface area contributed by atoms with E-state index in [0.717, 1.165) is 53.7 Å². The van der Waals surface area contributed by atoms with Crippen molar-refractivity contribution >= 4 is 15.9 Å². The van der Waals surface area contributed by atoms with Crippen LogP contribution < -0.4 is 4.74 Å². The van der Waals surface area contributed by atoms with E-state index in [1.54, 1.807) is 0 Å². The molecule has 0 spiro atoms. The summed E-state index contributed by atoms with van der Waals surface area (Å²) in [6, 6.07) is 6.06. The summed E-state index contributed by atoms with van der Waals surface area (Å²) in [5.41, 5.74) is 2.21. The van der Waals surface area contributed by atoms with Crippen molar-refractivity contribution in [2.24, 2.45) is 5.92 Å². The van der Waals surface area contributed by atoms with Crippen LogP contribution in [0.1, 0.15) is 89.5 Å². The maximum absolute atomic E-state index is 9.65. The van der Waals surface area contributed by atoms with Gasteiger partial charge in [-0.25, -0.2) is 9.97 Å². The number of halogens is 1. The number of benzene rings is 1. The third-order valence-electron chi connectivity index (χ3n) is 6.51. The van der Waals surface area contributed by atoms with Gasteiger partial charge in [0.15, 0.2) is 5.82 Å². The van der Waals surface area contributed by atoms with Crippen LogP contribution in [0, 0.1) is 5.92 Å². The molecule has 1 aliphatic rings. The Bertz CT molecular complexity index is 789. The van der Waals surface area contributed by atoms with E-state index in [1.807, 2.05) is 30.6 Å². The first-order valence-electron chi connectivity index (χ1n) is 12.6. The van der Waals surface area contributed by atoms with Crippen LogP contribution >= 0.6 is 15.9 Å². The van der Waals surface area contributed by atoms with Crippen LogP contribution in [0.15, 0.2) is 35.1 Å². The number of rotatable bonds is 13. The summed E-state index contributed by atoms with van der Waals surface area (Å²) in [5, 5.41) is 9.65. The van der Waals surface area contributed by atoms with Gasteiger partial charge in [0, 0.05) is 18.0 Å². The quantitative estimate of drug-likeness (QED) is 0.287. The van der Waals surface area contributed by atoms with E-state index >= 15 is 0 Å². The number of aromatic nitrogens is 2. The average molecular weight is 504 g/mol. The largest absolute Gasteiger partial charge is 0.492 e. The Hall–Kier alpha value is -1.46. The minimum atomic E-state index is -0.121. The second-order valence-electron chi connectivity index (χ2n) is 9.27. The Kier molecular flexibility index (Phi) is 11.0. The van der Waals surface area contributed by atoms with Gasteiger partial charge in [0.2, 0.25) is 0 Å². The van der Waals surface area contributed by atoms with Crippen molar-refractivity contribution in [3.05, 3.63) is 40.6 Å². The zero-order chi connectivity index (χ0) is 22.6. The van der Waals surface area contributed by atoms with Gasteiger partial charge in [-0.2, -0.15) is 0 Å². The lowest BCUT2D eigenvalue weighted by atomic mass is 9.88. The van der Waals surface area contributed by atoms with Gasteiger partial charge in [0.05, 0.1) is 17.2 Å². The van der Waals surface area contributed by atoms with Gasteiger partial charge in [0.25, 0.3) is 0 Å². The molecule has 1 aliphatic carbocycles. The highest BCUT2D eigenvalue weighted by Crippen LogP contribution is 2.31. The van der Waals surface area contributed by atoms with Crippen molar-refractivity contribution in [1.82, 2.24) is 9.97 Å². The fourth-order valence-corrected chi connectivity index (χ4v) is 4.87. The highest BCUT2D eigenvalue weighted by Gasteiger charge is 2.20. The highest BCUT2D eigenvalue weighted by atomic mass is 79.9. The summed E-state index contributed by atoms with van der Waals surface area (Å²) in [6.07, 6.45) is 19.4. The van der Waals surface area contributed by atoms with E-state index in [-0.39, 0.29) is 6.10 Å². The standard InChI is InChI=1S/C27H39BrN2O2/c1-2-3-4-5-6-7-8-9-10-22-18-29-27(30-19-22)23-13-16-26(25(28)17-23)32-20-21-11-14-24(31)15-12-21/h13,16-19,21,24,31H,2-12,14-15,20H2,1H3/t21-,24-. The molecule has 32 heavy (non-hydrogen) atoms. The first kappa shape index (κ1) is 25.2. The summed E-state index contributed by atoms with van der Waals surface area (Å²) in [4.78, 5) is 9.20. The lowest BCUT2D eigenvalue weighted by molar-refractivity contribution is 0.0916. The van der Waals surface area contributed by atoms with Gasteiger partial charge in [-0.3, -0.25) is 0 Å². The molecule has 2 aromatic rings. The Morgan fingerprint density at radius 2 is 1.59 bits per heavy atom. The number of unbranched alkanes of at least 4 members (excludes halogenated alkanes) is 7. The molecule has 176 valence electrons. The van der Waals surface area contributed by atoms with Crippen molar-refractivity contribution in [2.45, 2.75) is 96.5 Å². The Morgan fingerprint density at radius 1 is 0.938 bits per heavy atom. The van der Waals surface area contributed by atoms with Crippen LogP contribution in [-0.4, -0.2) is 27.8 Å². The topological polar surface area (TPSA) is 55.2 Å². The number of nitrogens with zero attached hydrogens (tertiary/aromatic N) is 2. The normalized spacial score (nSPS) is 18.6. The van der Waals surface area contributed by atoms with Gasteiger partial charge in [-0.05, 0) is 84.1 Å². The monoisotopic (exact) mass is 502 g/mol. The SMILES string of the molecule is CCCCCCCCCCc1cnc(-c2ccc(OC[C@H]3CC[C@H](O)CC3)c(Br)c2)nc1. The Balaban J connectivity index is 1.41. The van der Waals surface area contributed by atoms with Crippen molar-refractivity contribution in [1.29, 1.82) is 0 Å². The maximum Gasteiger partial charge on any atom is 0.159 e. The molecule has 4 nitrogen and oxygen atoms in total. The van der Waals surface area contributed by atoms with Crippen molar-refractivity contribution < 1.29 is 9.84 Å². The number of aliphatic hydroxyl groups is 1. The fourth-order valence-electron chi connectivity index (χ4n) is 4.37. The van der Waals surface area contributed by atoms with E-state index in [1.165, 1.54) is 56.9 Å². The van der Waals surface area contributed by atoms with Crippen LogP contribution in [0.4, 0.5) is 0 Å². The molecule has 0 saturated heterocycles. The molecule has 1 heterocycles. The zero-order valence-electron chi connectivity index (χ0n) is 19.6. The number of aliphatic hydroxyl groups excluding tert-OH is 1.